The summed E-state index contributed by atoms with van der Waals surface area (Å²) in [6, 6.07) is 0. The summed E-state index contributed by atoms with van der Waals surface area (Å²) in [6.07, 6.45) is 4.05. The molecule has 0 saturated heterocycles. The van der Waals surface area contributed by atoms with E-state index >= 15 is 0 Å². The van der Waals surface area contributed by atoms with Crippen LogP contribution in [-0.2, 0) is 13.8 Å². The largest absolute Gasteiger partial charge is 0.381 e. The van der Waals surface area contributed by atoms with E-state index in [4.69, 9.17) is 15.4 Å². The van der Waals surface area contributed by atoms with Crippen molar-refractivity contribution in [3.8, 4) is 0 Å². The van der Waals surface area contributed by atoms with E-state index in [1.54, 1.807) is 0 Å². The van der Waals surface area contributed by atoms with Crippen LogP contribution in [0.25, 0.3) is 0 Å². The summed E-state index contributed by atoms with van der Waals surface area (Å²) in [5, 5.41) is 0. The van der Waals surface area contributed by atoms with Gasteiger partial charge in [0.05, 0.1) is 12.4 Å². The average Bonchev–Trinajstić information content (AvgIpc) is 2.98. The molecule has 0 N–H and O–H groups in total. The maximum atomic E-state index is 11.2. The van der Waals surface area contributed by atoms with Gasteiger partial charge in [-0.1, -0.05) is 13.8 Å². The second-order valence-electron chi connectivity index (χ2n) is 4.85. The zero-order valence-electron chi connectivity index (χ0n) is 10.0. The van der Waals surface area contributed by atoms with Gasteiger partial charge in [-0.15, -0.1) is 0 Å². The minimum absolute atomic E-state index is 0.0131. The molecule has 0 aliphatic heterocycles. The summed E-state index contributed by atoms with van der Waals surface area (Å²) in [5.41, 5.74) is -0.310. The monoisotopic (exact) mass is 268 g/mol. The number of hydrogen-bond acceptors (Lipinski definition) is 3. The minimum Gasteiger partial charge on any atom is -0.381 e. The van der Waals surface area contributed by atoms with Gasteiger partial charge in [0.25, 0.3) is 0 Å². The lowest BCUT2D eigenvalue weighted by molar-refractivity contribution is 0.0444. The quantitative estimate of drug-likeness (QED) is 0.636. The molecule has 0 heterocycles. The standard InChI is InChI=1S/C11H21ClO3S/c1-3-11(4-2,9-16(12,13)14)8-15-7-10-5-6-10/h10H,3-9H2,1-2H3. The van der Waals surface area contributed by atoms with Crippen LogP contribution >= 0.6 is 10.7 Å². The first-order chi connectivity index (χ1) is 7.41. The van der Waals surface area contributed by atoms with Crippen molar-refractivity contribution in [3.63, 3.8) is 0 Å². The Balaban J connectivity index is 2.47. The third-order valence-electron chi connectivity index (χ3n) is 3.44. The topological polar surface area (TPSA) is 43.4 Å². The Morgan fingerprint density at radius 3 is 2.25 bits per heavy atom. The maximum Gasteiger partial charge on any atom is 0.233 e. The van der Waals surface area contributed by atoms with Crippen LogP contribution in [0.15, 0.2) is 0 Å². The summed E-state index contributed by atoms with van der Waals surface area (Å²) < 4.78 is 28.0. The first-order valence-corrected chi connectivity index (χ1v) is 8.39. The lowest BCUT2D eigenvalue weighted by Crippen LogP contribution is -2.32. The molecule has 0 aromatic heterocycles. The van der Waals surface area contributed by atoms with Crippen molar-refractivity contribution in [3.05, 3.63) is 0 Å². The fourth-order valence-corrected chi connectivity index (χ4v) is 3.71. The normalized spacial score (nSPS) is 17.7. The van der Waals surface area contributed by atoms with E-state index in [2.05, 4.69) is 0 Å². The van der Waals surface area contributed by atoms with Gasteiger partial charge in [-0.2, -0.15) is 0 Å². The average molecular weight is 269 g/mol. The second kappa shape index (κ2) is 5.69. The highest BCUT2D eigenvalue weighted by atomic mass is 35.7. The summed E-state index contributed by atoms with van der Waals surface area (Å²) >= 11 is 0. The Bertz CT molecular complexity index is 305. The van der Waals surface area contributed by atoms with Crippen molar-refractivity contribution in [2.75, 3.05) is 19.0 Å². The first-order valence-electron chi connectivity index (χ1n) is 5.91. The van der Waals surface area contributed by atoms with Crippen LogP contribution < -0.4 is 0 Å². The van der Waals surface area contributed by atoms with Gasteiger partial charge < -0.3 is 4.74 Å². The van der Waals surface area contributed by atoms with Crippen LogP contribution in [0.2, 0.25) is 0 Å². The molecule has 1 rings (SSSR count). The van der Waals surface area contributed by atoms with Crippen molar-refractivity contribution in [2.45, 2.75) is 39.5 Å². The van der Waals surface area contributed by atoms with Crippen molar-refractivity contribution < 1.29 is 13.2 Å². The molecule has 0 aromatic carbocycles. The predicted molar refractivity (Wildman–Crippen MR) is 66.2 cm³/mol. The highest BCUT2D eigenvalue weighted by Crippen LogP contribution is 2.33. The summed E-state index contributed by atoms with van der Waals surface area (Å²) in [7, 11) is 1.90. The molecule has 1 aliphatic carbocycles. The van der Waals surface area contributed by atoms with E-state index in [-0.39, 0.29) is 11.2 Å². The Labute approximate surface area is 103 Å². The number of hydrogen-bond donors (Lipinski definition) is 0. The zero-order chi connectivity index (χ0) is 12.2. The zero-order valence-corrected chi connectivity index (χ0v) is 11.6. The van der Waals surface area contributed by atoms with Gasteiger partial charge in [0.2, 0.25) is 9.05 Å². The van der Waals surface area contributed by atoms with Crippen LogP contribution in [0.5, 0.6) is 0 Å². The van der Waals surface area contributed by atoms with E-state index in [1.165, 1.54) is 12.8 Å². The molecule has 0 radical (unpaired) electrons. The predicted octanol–water partition coefficient (Wildman–Crippen LogP) is 2.79. The van der Waals surface area contributed by atoms with Crippen LogP contribution in [0.3, 0.4) is 0 Å². The van der Waals surface area contributed by atoms with Crippen LogP contribution in [0, 0.1) is 11.3 Å². The third-order valence-corrected chi connectivity index (χ3v) is 4.72. The molecule has 96 valence electrons. The molecule has 16 heavy (non-hydrogen) atoms. The van der Waals surface area contributed by atoms with E-state index in [1.807, 2.05) is 13.8 Å². The van der Waals surface area contributed by atoms with Crippen LogP contribution in [0.1, 0.15) is 39.5 Å². The lowest BCUT2D eigenvalue weighted by Gasteiger charge is -2.29. The van der Waals surface area contributed by atoms with Crippen LogP contribution in [-0.4, -0.2) is 27.4 Å². The molecule has 1 aliphatic rings. The Morgan fingerprint density at radius 1 is 1.31 bits per heavy atom. The minimum atomic E-state index is -3.45. The molecule has 1 fully saturated rings. The lowest BCUT2D eigenvalue weighted by atomic mass is 9.85. The first kappa shape index (κ1) is 14.3. The summed E-state index contributed by atoms with van der Waals surface area (Å²) in [6.45, 7) is 5.25. The molecule has 0 atom stereocenters. The molecule has 0 amide bonds. The van der Waals surface area contributed by atoms with Crippen molar-refractivity contribution in [1.29, 1.82) is 0 Å². The van der Waals surface area contributed by atoms with Gasteiger partial charge in [-0.05, 0) is 31.6 Å². The fraction of sp³-hybridized carbons (Fsp3) is 1.00. The van der Waals surface area contributed by atoms with Gasteiger partial charge in [-0.25, -0.2) is 8.42 Å². The smallest absolute Gasteiger partial charge is 0.233 e. The fourth-order valence-electron chi connectivity index (χ4n) is 1.79. The Kier molecular flexibility index (Phi) is 5.08. The Morgan fingerprint density at radius 2 is 1.88 bits per heavy atom. The third kappa shape index (κ3) is 5.02. The molecular formula is C11H21ClO3S. The molecule has 0 unspecified atom stereocenters. The molecule has 0 spiro atoms. The number of rotatable bonds is 8. The van der Waals surface area contributed by atoms with Gasteiger partial charge >= 0.3 is 0 Å². The van der Waals surface area contributed by atoms with Gasteiger partial charge in [-0.3, -0.25) is 0 Å². The Hall–Kier alpha value is 0.200. The molecule has 5 heteroatoms. The highest BCUT2D eigenvalue weighted by molar-refractivity contribution is 8.13. The second-order valence-corrected chi connectivity index (χ2v) is 7.63. The van der Waals surface area contributed by atoms with Crippen molar-refractivity contribution >= 4 is 19.7 Å². The van der Waals surface area contributed by atoms with Crippen molar-refractivity contribution in [1.82, 2.24) is 0 Å². The summed E-state index contributed by atoms with van der Waals surface area (Å²) in [5.74, 6) is 0.721. The van der Waals surface area contributed by atoms with Gasteiger partial charge in [0.1, 0.15) is 0 Å². The van der Waals surface area contributed by atoms with E-state index in [9.17, 15) is 8.42 Å². The molecular weight excluding hydrogens is 248 g/mol. The number of ether oxygens (including phenoxy) is 1. The van der Waals surface area contributed by atoms with Gasteiger partial charge in [0, 0.05) is 22.7 Å². The van der Waals surface area contributed by atoms with Crippen LogP contribution in [0.4, 0.5) is 0 Å². The SMILES string of the molecule is CCC(CC)(COCC1CC1)CS(=O)(=O)Cl. The molecule has 0 bridgehead atoms. The van der Waals surface area contributed by atoms with E-state index in [0.29, 0.717) is 12.5 Å². The van der Waals surface area contributed by atoms with E-state index < -0.39 is 9.05 Å². The maximum absolute atomic E-state index is 11.2. The number of halogens is 1. The highest BCUT2D eigenvalue weighted by Gasteiger charge is 2.32. The molecule has 0 aromatic rings. The van der Waals surface area contributed by atoms with E-state index in [0.717, 1.165) is 19.4 Å². The van der Waals surface area contributed by atoms with Crippen molar-refractivity contribution in [2.24, 2.45) is 11.3 Å². The molecule has 3 nitrogen and oxygen atoms in total. The van der Waals surface area contributed by atoms with Gasteiger partial charge in [0.15, 0.2) is 0 Å². The summed E-state index contributed by atoms with van der Waals surface area (Å²) in [4.78, 5) is 0. The molecule has 1 saturated carbocycles.